The molecule has 0 saturated heterocycles. The molecule has 0 saturated carbocycles. The zero-order valence-corrected chi connectivity index (χ0v) is 12.2. The van der Waals surface area contributed by atoms with Gasteiger partial charge in [-0.25, -0.2) is 4.39 Å². The number of anilines is 1. The third-order valence-corrected chi connectivity index (χ3v) is 3.26. The Morgan fingerprint density at radius 2 is 1.95 bits per heavy atom. The lowest BCUT2D eigenvalue weighted by Gasteiger charge is -2.16. The summed E-state index contributed by atoms with van der Waals surface area (Å²) in [6.07, 6.45) is 0. The Morgan fingerprint density at radius 1 is 1.19 bits per heavy atom. The molecule has 2 aromatic rings. The lowest BCUT2D eigenvalue weighted by molar-refractivity contribution is -0.114. The molecule has 0 aliphatic heterocycles. The Balaban J connectivity index is 2.01. The average molecular weight is 286 g/mol. The van der Waals surface area contributed by atoms with Gasteiger partial charge >= 0.3 is 0 Å². The molecule has 3 nitrogen and oxygen atoms in total. The van der Waals surface area contributed by atoms with Crippen LogP contribution in [-0.4, -0.2) is 5.91 Å². The van der Waals surface area contributed by atoms with Crippen LogP contribution >= 0.6 is 0 Å². The van der Waals surface area contributed by atoms with Crippen molar-refractivity contribution < 1.29 is 9.18 Å². The highest BCUT2D eigenvalue weighted by atomic mass is 19.1. The van der Waals surface area contributed by atoms with E-state index in [1.807, 2.05) is 37.3 Å². The van der Waals surface area contributed by atoms with Gasteiger partial charge < -0.3 is 10.6 Å². The summed E-state index contributed by atoms with van der Waals surface area (Å²) >= 11 is 0. The van der Waals surface area contributed by atoms with Gasteiger partial charge in [-0.15, -0.1) is 0 Å². The molecule has 0 radical (unpaired) electrons. The van der Waals surface area contributed by atoms with Crippen LogP contribution in [0, 0.1) is 5.82 Å². The van der Waals surface area contributed by atoms with E-state index in [9.17, 15) is 9.18 Å². The van der Waals surface area contributed by atoms with E-state index in [-0.39, 0.29) is 17.8 Å². The standard InChI is InChI=1S/C17H19FN2O/c1-12(19-11-15-6-3-4-9-17(15)18)14-7-5-8-16(10-14)20-13(2)21/h3-10,12,19H,11H2,1-2H3,(H,20,21). The van der Waals surface area contributed by atoms with Gasteiger partial charge in [-0.1, -0.05) is 30.3 Å². The van der Waals surface area contributed by atoms with Crippen molar-refractivity contribution >= 4 is 11.6 Å². The lowest BCUT2D eigenvalue weighted by atomic mass is 10.1. The number of nitrogens with one attached hydrogen (secondary N) is 2. The second-order valence-electron chi connectivity index (χ2n) is 5.00. The summed E-state index contributed by atoms with van der Waals surface area (Å²) in [5.41, 5.74) is 2.44. The molecule has 0 bridgehead atoms. The van der Waals surface area contributed by atoms with E-state index in [2.05, 4.69) is 10.6 Å². The first-order chi connectivity index (χ1) is 10.1. The van der Waals surface area contributed by atoms with Gasteiger partial charge in [0.05, 0.1) is 0 Å². The lowest BCUT2D eigenvalue weighted by Crippen LogP contribution is -2.19. The van der Waals surface area contributed by atoms with Gasteiger partial charge in [0.1, 0.15) is 5.82 Å². The first kappa shape index (κ1) is 15.2. The molecular formula is C17H19FN2O. The largest absolute Gasteiger partial charge is 0.326 e. The van der Waals surface area contributed by atoms with E-state index < -0.39 is 0 Å². The van der Waals surface area contributed by atoms with Crippen molar-refractivity contribution in [3.63, 3.8) is 0 Å². The summed E-state index contributed by atoms with van der Waals surface area (Å²) in [6, 6.07) is 14.4. The number of hydrogen-bond donors (Lipinski definition) is 2. The number of halogens is 1. The Labute approximate surface area is 124 Å². The van der Waals surface area contributed by atoms with Gasteiger partial charge in [0.25, 0.3) is 0 Å². The quantitative estimate of drug-likeness (QED) is 0.881. The first-order valence-corrected chi connectivity index (χ1v) is 6.90. The summed E-state index contributed by atoms with van der Waals surface area (Å²) in [6.45, 7) is 3.94. The summed E-state index contributed by atoms with van der Waals surface area (Å²) in [7, 11) is 0. The van der Waals surface area contributed by atoms with Crippen molar-refractivity contribution in [1.82, 2.24) is 5.32 Å². The van der Waals surface area contributed by atoms with E-state index in [0.717, 1.165) is 11.3 Å². The summed E-state index contributed by atoms with van der Waals surface area (Å²) in [5.74, 6) is -0.302. The molecule has 0 fully saturated rings. The molecule has 1 unspecified atom stereocenters. The average Bonchev–Trinajstić information content (AvgIpc) is 2.45. The van der Waals surface area contributed by atoms with Gasteiger partial charge in [0.2, 0.25) is 5.91 Å². The van der Waals surface area contributed by atoms with Crippen LogP contribution in [0.5, 0.6) is 0 Å². The van der Waals surface area contributed by atoms with Crippen LogP contribution in [0.2, 0.25) is 0 Å². The van der Waals surface area contributed by atoms with Crippen molar-refractivity contribution in [1.29, 1.82) is 0 Å². The van der Waals surface area contributed by atoms with Crippen LogP contribution in [0.3, 0.4) is 0 Å². The fraction of sp³-hybridized carbons (Fsp3) is 0.235. The van der Waals surface area contributed by atoms with Crippen molar-refractivity contribution in [2.45, 2.75) is 26.4 Å². The van der Waals surface area contributed by atoms with Gasteiger partial charge in [0.15, 0.2) is 0 Å². The molecule has 110 valence electrons. The molecule has 0 aliphatic carbocycles. The number of hydrogen-bond acceptors (Lipinski definition) is 2. The third-order valence-electron chi connectivity index (χ3n) is 3.26. The molecule has 0 aliphatic rings. The molecule has 4 heteroatoms. The molecule has 1 atom stereocenters. The number of carbonyl (C=O) groups excluding carboxylic acids is 1. The highest BCUT2D eigenvalue weighted by molar-refractivity contribution is 5.88. The van der Waals surface area contributed by atoms with Crippen molar-refractivity contribution in [2.75, 3.05) is 5.32 Å². The van der Waals surface area contributed by atoms with Crippen LogP contribution in [-0.2, 0) is 11.3 Å². The van der Waals surface area contributed by atoms with Crippen molar-refractivity contribution in [2.24, 2.45) is 0 Å². The molecule has 21 heavy (non-hydrogen) atoms. The van der Waals surface area contributed by atoms with Crippen LogP contribution in [0.4, 0.5) is 10.1 Å². The fourth-order valence-electron chi connectivity index (χ4n) is 2.11. The van der Waals surface area contributed by atoms with Crippen LogP contribution in [0.15, 0.2) is 48.5 Å². The van der Waals surface area contributed by atoms with E-state index >= 15 is 0 Å². The van der Waals surface area contributed by atoms with Gasteiger partial charge in [0, 0.05) is 30.8 Å². The molecule has 0 aromatic heterocycles. The number of benzene rings is 2. The number of amides is 1. The Bertz CT molecular complexity index is 628. The summed E-state index contributed by atoms with van der Waals surface area (Å²) < 4.78 is 13.6. The topological polar surface area (TPSA) is 41.1 Å². The highest BCUT2D eigenvalue weighted by Crippen LogP contribution is 2.18. The maximum atomic E-state index is 13.6. The fourth-order valence-corrected chi connectivity index (χ4v) is 2.11. The third kappa shape index (κ3) is 4.39. The first-order valence-electron chi connectivity index (χ1n) is 6.90. The summed E-state index contributed by atoms with van der Waals surface area (Å²) in [4.78, 5) is 11.1. The predicted octanol–water partition coefficient (Wildman–Crippen LogP) is 3.63. The number of rotatable bonds is 5. The molecule has 2 N–H and O–H groups in total. The molecule has 0 spiro atoms. The second-order valence-corrected chi connectivity index (χ2v) is 5.00. The Hall–Kier alpha value is -2.20. The van der Waals surface area contributed by atoms with Gasteiger partial charge in [-0.3, -0.25) is 4.79 Å². The molecule has 1 amide bonds. The minimum atomic E-state index is -0.204. The Morgan fingerprint density at radius 3 is 2.67 bits per heavy atom. The second kappa shape index (κ2) is 6.99. The summed E-state index contributed by atoms with van der Waals surface area (Å²) in [5, 5.41) is 6.04. The zero-order valence-electron chi connectivity index (χ0n) is 12.2. The SMILES string of the molecule is CC(=O)Nc1cccc(C(C)NCc2ccccc2F)c1. The van der Waals surface area contributed by atoms with E-state index in [1.54, 1.807) is 12.1 Å². The highest BCUT2D eigenvalue weighted by Gasteiger charge is 2.08. The van der Waals surface area contributed by atoms with Gasteiger partial charge in [-0.2, -0.15) is 0 Å². The van der Waals surface area contributed by atoms with Crippen LogP contribution in [0.25, 0.3) is 0 Å². The minimum Gasteiger partial charge on any atom is -0.326 e. The maximum absolute atomic E-state index is 13.6. The van der Waals surface area contributed by atoms with E-state index in [0.29, 0.717) is 12.1 Å². The normalized spacial score (nSPS) is 12.0. The number of carbonyl (C=O) groups is 1. The van der Waals surface area contributed by atoms with E-state index in [1.165, 1.54) is 13.0 Å². The van der Waals surface area contributed by atoms with Crippen molar-refractivity contribution in [3.8, 4) is 0 Å². The molecule has 2 aromatic carbocycles. The van der Waals surface area contributed by atoms with Crippen molar-refractivity contribution in [3.05, 3.63) is 65.5 Å². The molecular weight excluding hydrogens is 267 g/mol. The monoisotopic (exact) mass is 286 g/mol. The smallest absolute Gasteiger partial charge is 0.221 e. The molecule has 2 rings (SSSR count). The predicted molar refractivity (Wildman–Crippen MR) is 82.4 cm³/mol. The van der Waals surface area contributed by atoms with Gasteiger partial charge in [-0.05, 0) is 30.7 Å². The van der Waals surface area contributed by atoms with Crippen LogP contribution in [0.1, 0.15) is 31.0 Å². The van der Waals surface area contributed by atoms with Crippen LogP contribution < -0.4 is 10.6 Å². The Kier molecular flexibility index (Phi) is 5.06. The minimum absolute atomic E-state index is 0.0540. The molecule has 0 heterocycles. The maximum Gasteiger partial charge on any atom is 0.221 e. The van der Waals surface area contributed by atoms with E-state index in [4.69, 9.17) is 0 Å². The zero-order chi connectivity index (χ0) is 15.2.